The first-order valence-electron chi connectivity index (χ1n) is 3.81. The van der Waals surface area contributed by atoms with Crippen molar-refractivity contribution in [1.82, 2.24) is 0 Å². The van der Waals surface area contributed by atoms with E-state index >= 15 is 0 Å². The summed E-state index contributed by atoms with van der Waals surface area (Å²) in [5.74, 6) is 1.00. The maximum atomic E-state index is 4.20. The lowest BCUT2D eigenvalue weighted by Crippen LogP contribution is -1.96. The molecule has 0 radical (unpaired) electrons. The minimum absolute atomic E-state index is 1.00. The van der Waals surface area contributed by atoms with Gasteiger partial charge in [-0.05, 0) is 31.6 Å². The lowest BCUT2D eigenvalue weighted by molar-refractivity contribution is 0.875. The van der Waals surface area contributed by atoms with Crippen LogP contribution in [0.15, 0.2) is 4.99 Å². The lowest BCUT2D eigenvalue weighted by Gasteiger charge is -1.97. The van der Waals surface area contributed by atoms with Crippen molar-refractivity contribution in [3.8, 4) is 0 Å². The molecule has 0 bridgehead atoms. The molecule has 1 saturated carbocycles. The number of nitrogens with zero attached hydrogens (tertiary/aromatic N) is 1. The molecule has 0 atom stereocenters. The average molecular weight is 125 g/mol. The maximum Gasteiger partial charge on any atom is 0.0276 e. The van der Waals surface area contributed by atoms with Crippen LogP contribution in [0.25, 0.3) is 0 Å². The third-order valence-electron chi connectivity index (χ3n) is 1.95. The van der Waals surface area contributed by atoms with Crippen LogP contribution in [0.1, 0.15) is 32.6 Å². The second kappa shape index (κ2) is 3.00. The Morgan fingerprint density at radius 3 is 2.56 bits per heavy atom. The van der Waals surface area contributed by atoms with Crippen LogP contribution in [-0.2, 0) is 0 Å². The van der Waals surface area contributed by atoms with E-state index in [1.54, 1.807) is 0 Å². The van der Waals surface area contributed by atoms with Crippen molar-refractivity contribution in [3.63, 3.8) is 0 Å². The minimum Gasteiger partial charge on any atom is -0.297 e. The summed E-state index contributed by atoms with van der Waals surface area (Å²) in [6.45, 7) is 2.19. The molecular weight excluding hydrogens is 110 g/mol. The van der Waals surface area contributed by atoms with Crippen molar-refractivity contribution in [2.45, 2.75) is 32.6 Å². The Morgan fingerprint density at radius 1 is 1.56 bits per heavy atom. The summed E-state index contributed by atoms with van der Waals surface area (Å²) in [6, 6.07) is 0. The van der Waals surface area contributed by atoms with Crippen LogP contribution in [0.3, 0.4) is 0 Å². The largest absolute Gasteiger partial charge is 0.297 e. The predicted octanol–water partition coefficient (Wildman–Crippen LogP) is 2.27. The van der Waals surface area contributed by atoms with Crippen LogP contribution < -0.4 is 0 Å². The molecule has 0 aromatic rings. The highest BCUT2D eigenvalue weighted by Gasteiger charge is 2.21. The van der Waals surface area contributed by atoms with Crippen LogP contribution in [0.5, 0.6) is 0 Å². The molecule has 0 heterocycles. The van der Waals surface area contributed by atoms with Gasteiger partial charge in [0, 0.05) is 12.8 Å². The highest BCUT2D eigenvalue weighted by Crippen LogP contribution is 2.32. The minimum atomic E-state index is 1.00. The van der Waals surface area contributed by atoms with E-state index in [-0.39, 0.29) is 0 Å². The van der Waals surface area contributed by atoms with Crippen molar-refractivity contribution >= 4 is 5.71 Å². The molecular formula is C8H15N. The van der Waals surface area contributed by atoms with Gasteiger partial charge in [-0.25, -0.2) is 0 Å². The molecule has 0 N–H and O–H groups in total. The smallest absolute Gasteiger partial charge is 0.0276 e. The Bertz CT molecular complexity index is 112. The predicted molar refractivity (Wildman–Crippen MR) is 41.0 cm³/mol. The van der Waals surface area contributed by atoms with Gasteiger partial charge in [0.05, 0.1) is 0 Å². The molecule has 52 valence electrons. The standard InChI is InChI=1S/C8H15N/c1-3-8(9-2)6-7-4-5-7/h7H,3-6H2,1-2H3. The fourth-order valence-corrected chi connectivity index (χ4v) is 1.05. The SMILES string of the molecule is CCC(CC1CC1)=NC. The van der Waals surface area contributed by atoms with Crippen molar-refractivity contribution < 1.29 is 0 Å². The normalized spacial score (nSPS) is 20.4. The van der Waals surface area contributed by atoms with Gasteiger partial charge in [-0.15, -0.1) is 0 Å². The third kappa shape index (κ3) is 2.17. The van der Waals surface area contributed by atoms with Crippen molar-refractivity contribution in [3.05, 3.63) is 0 Å². The van der Waals surface area contributed by atoms with Crippen LogP contribution in [0.4, 0.5) is 0 Å². The van der Waals surface area contributed by atoms with Gasteiger partial charge in [0.1, 0.15) is 0 Å². The summed E-state index contributed by atoms with van der Waals surface area (Å²) in [5.41, 5.74) is 1.40. The Kier molecular flexibility index (Phi) is 2.26. The summed E-state index contributed by atoms with van der Waals surface area (Å²) in [7, 11) is 1.90. The Labute approximate surface area is 57.2 Å². The first-order valence-corrected chi connectivity index (χ1v) is 3.81. The van der Waals surface area contributed by atoms with E-state index in [1.807, 2.05) is 7.05 Å². The Balaban J connectivity index is 2.21. The molecule has 1 aliphatic rings. The molecule has 0 unspecified atom stereocenters. The van der Waals surface area contributed by atoms with Crippen molar-refractivity contribution in [2.24, 2.45) is 10.9 Å². The summed E-state index contributed by atoms with van der Waals surface area (Å²) in [6.07, 6.45) is 5.30. The molecule has 1 rings (SSSR count). The monoisotopic (exact) mass is 125 g/mol. The molecule has 0 aromatic heterocycles. The van der Waals surface area contributed by atoms with Crippen LogP contribution >= 0.6 is 0 Å². The molecule has 1 nitrogen and oxygen atoms in total. The van der Waals surface area contributed by atoms with Gasteiger partial charge in [0.15, 0.2) is 0 Å². The first-order chi connectivity index (χ1) is 4.36. The zero-order valence-electron chi connectivity index (χ0n) is 6.35. The summed E-state index contributed by atoms with van der Waals surface area (Å²) < 4.78 is 0. The van der Waals surface area contributed by atoms with Gasteiger partial charge >= 0.3 is 0 Å². The summed E-state index contributed by atoms with van der Waals surface area (Å²) in [5, 5.41) is 0. The number of hydrogen-bond donors (Lipinski definition) is 0. The van der Waals surface area contributed by atoms with Gasteiger partial charge < -0.3 is 0 Å². The highest BCUT2D eigenvalue weighted by molar-refractivity contribution is 5.84. The zero-order valence-corrected chi connectivity index (χ0v) is 6.35. The molecule has 0 saturated heterocycles. The fraction of sp³-hybridized carbons (Fsp3) is 0.875. The van der Waals surface area contributed by atoms with E-state index in [0.717, 1.165) is 12.3 Å². The van der Waals surface area contributed by atoms with Crippen LogP contribution in [0, 0.1) is 5.92 Å². The maximum absolute atomic E-state index is 4.20. The van der Waals surface area contributed by atoms with Gasteiger partial charge in [-0.3, -0.25) is 4.99 Å². The van der Waals surface area contributed by atoms with Gasteiger partial charge in [0.25, 0.3) is 0 Å². The lowest BCUT2D eigenvalue weighted by atomic mass is 10.1. The van der Waals surface area contributed by atoms with E-state index in [1.165, 1.54) is 25.0 Å². The van der Waals surface area contributed by atoms with E-state index in [2.05, 4.69) is 11.9 Å². The molecule has 0 aliphatic heterocycles. The van der Waals surface area contributed by atoms with Crippen molar-refractivity contribution in [1.29, 1.82) is 0 Å². The number of hydrogen-bond acceptors (Lipinski definition) is 1. The molecule has 1 aliphatic carbocycles. The molecule has 0 amide bonds. The van der Waals surface area contributed by atoms with E-state index in [4.69, 9.17) is 0 Å². The quantitative estimate of drug-likeness (QED) is 0.513. The summed E-state index contributed by atoms with van der Waals surface area (Å²) in [4.78, 5) is 4.20. The Hall–Kier alpha value is -0.330. The van der Waals surface area contributed by atoms with Crippen LogP contribution in [-0.4, -0.2) is 12.8 Å². The Morgan fingerprint density at radius 2 is 2.22 bits per heavy atom. The molecule has 1 fully saturated rings. The van der Waals surface area contributed by atoms with E-state index in [0.29, 0.717) is 0 Å². The molecule has 0 spiro atoms. The highest BCUT2D eigenvalue weighted by atomic mass is 14.7. The van der Waals surface area contributed by atoms with E-state index in [9.17, 15) is 0 Å². The third-order valence-corrected chi connectivity index (χ3v) is 1.95. The number of aliphatic imine (C=N–C) groups is 1. The second-order valence-electron chi connectivity index (χ2n) is 2.79. The molecule has 1 heteroatoms. The number of rotatable bonds is 3. The zero-order chi connectivity index (χ0) is 6.69. The van der Waals surface area contributed by atoms with E-state index < -0.39 is 0 Å². The average Bonchev–Trinajstić information content (AvgIpc) is 2.66. The molecule has 0 aromatic carbocycles. The van der Waals surface area contributed by atoms with Gasteiger partial charge in [-0.2, -0.15) is 0 Å². The second-order valence-corrected chi connectivity index (χ2v) is 2.79. The van der Waals surface area contributed by atoms with Gasteiger partial charge in [-0.1, -0.05) is 6.92 Å². The topological polar surface area (TPSA) is 12.4 Å². The summed E-state index contributed by atoms with van der Waals surface area (Å²) >= 11 is 0. The van der Waals surface area contributed by atoms with Crippen LogP contribution in [0.2, 0.25) is 0 Å². The molecule has 9 heavy (non-hydrogen) atoms. The first kappa shape index (κ1) is 6.79. The fourth-order valence-electron chi connectivity index (χ4n) is 1.05. The van der Waals surface area contributed by atoms with Crippen molar-refractivity contribution in [2.75, 3.05) is 7.05 Å². The van der Waals surface area contributed by atoms with Gasteiger partial charge in [0.2, 0.25) is 0 Å².